The smallest absolute Gasteiger partial charge is 0.148 e. The Morgan fingerprint density at radius 3 is 2.74 bits per heavy atom. The van der Waals surface area contributed by atoms with Gasteiger partial charge in [-0.05, 0) is 30.4 Å². The average Bonchev–Trinajstić information content (AvgIpc) is 2.95. The van der Waals surface area contributed by atoms with E-state index in [-0.39, 0.29) is 11.7 Å². The molecule has 2 aromatic rings. The van der Waals surface area contributed by atoms with Gasteiger partial charge in [0.15, 0.2) is 0 Å². The SMILES string of the molecule is CC(=O)[C@@]1(C#Cc2ccsc2)C[C@@H]1c1ccccc1. The summed E-state index contributed by atoms with van der Waals surface area (Å²) in [5.41, 5.74) is 1.77. The summed E-state index contributed by atoms with van der Waals surface area (Å²) in [7, 11) is 0. The molecule has 1 fully saturated rings. The maximum Gasteiger partial charge on any atom is 0.148 e. The van der Waals surface area contributed by atoms with Crippen LogP contribution in [0.15, 0.2) is 47.2 Å². The van der Waals surface area contributed by atoms with Gasteiger partial charge in [-0.1, -0.05) is 42.2 Å². The molecule has 19 heavy (non-hydrogen) atoms. The van der Waals surface area contributed by atoms with Crippen LogP contribution in [0.4, 0.5) is 0 Å². The molecule has 0 N–H and O–H groups in total. The van der Waals surface area contributed by atoms with E-state index >= 15 is 0 Å². The second kappa shape index (κ2) is 4.68. The Hall–Kier alpha value is -1.85. The van der Waals surface area contributed by atoms with Crippen molar-refractivity contribution in [3.8, 4) is 11.8 Å². The molecule has 1 aromatic heterocycles. The minimum Gasteiger partial charge on any atom is -0.298 e. The minimum absolute atomic E-state index is 0.184. The van der Waals surface area contributed by atoms with Gasteiger partial charge in [-0.25, -0.2) is 0 Å². The summed E-state index contributed by atoms with van der Waals surface area (Å²) in [5, 5.41) is 4.02. The Morgan fingerprint density at radius 1 is 1.32 bits per heavy atom. The van der Waals surface area contributed by atoms with Crippen LogP contribution in [0.25, 0.3) is 0 Å². The van der Waals surface area contributed by atoms with Crippen molar-refractivity contribution in [1.29, 1.82) is 0 Å². The van der Waals surface area contributed by atoms with Crippen molar-refractivity contribution in [3.63, 3.8) is 0 Å². The van der Waals surface area contributed by atoms with Gasteiger partial charge in [-0.2, -0.15) is 11.3 Å². The Labute approximate surface area is 117 Å². The van der Waals surface area contributed by atoms with E-state index in [0.717, 1.165) is 12.0 Å². The minimum atomic E-state index is -0.455. The predicted molar refractivity (Wildman–Crippen MR) is 78.1 cm³/mol. The van der Waals surface area contributed by atoms with Crippen LogP contribution in [0, 0.1) is 17.3 Å². The lowest BCUT2D eigenvalue weighted by molar-refractivity contribution is -0.120. The Kier molecular flexibility index (Phi) is 3.00. The fourth-order valence-electron chi connectivity index (χ4n) is 2.49. The molecule has 0 aliphatic heterocycles. The van der Waals surface area contributed by atoms with Crippen molar-refractivity contribution < 1.29 is 4.79 Å². The number of thiophene rings is 1. The molecule has 0 bridgehead atoms. The van der Waals surface area contributed by atoms with Crippen LogP contribution in [-0.2, 0) is 4.79 Å². The molecule has 2 atom stereocenters. The Morgan fingerprint density at radius 2 is 2.11 bits per heavy atom. The number of rotatable bonds is 2. The topological polar surface area (TPSA) is 17.1 Å². The number of carbonyl (C=O) groups excluding carboxylic acids is 1. The molecule has 1 nitrogen and oxygen atoms in total. The van der Waals surface area contributed by atoms with E-state index in [1.54, 1.807) is 18.3 Å². The summed E-state index contributed by atoms with van der Waals surface area (Å²) in [6, 6.07) is 12.2. The molecule has 1 aliphatic carbocycles. The van der Waals surface area contributed by atoms with Gasteiger partial charge in [-0.3, -0.25) is 4.79 Å². The molecule has 2 heteroatoms. The fraction of sp³-hybridized carbons (Fsp3) is 0.235. The summed E-state index contributed by atoms with van der Waals surface area (Å²) in [4.78, 5) is 12.0. The molecule has 0 amide bonds. The first-order valence-corrected chi connectivity index (χ1v) is 7.28. The lowest BCUT2D eigenvalue weighted by Gasteiger charge is -2.06. The second-order valence-electron chi connectivity index (χ2n) is 4.96. The van der Waals surface area contributed by atoms with Crippen molar-refractivity contribution in [1.82, 2.24) is 0 Å². The zero-order valence-electron chi connectivity index (χ0n) is 10.7. The van der Waals surface area contributed by atoms with Crippen LogP contribution in [0.1, 0.15) is 30.4 Å². The summed E-state index contributed by atoms with van der Waals surface area (Å²) < 4.78 is 0. The molecule has 1 aliphatic rings. The molecule has 3 rings (SSSR count). The van der Waals surface area contributed by atoms with Crippen LogP contribution in [-0.4, -0.2) is 5.78 Å². The quantitative estimate of drug-likeness (QED) is 0.754. The molecule has 0 spiro atoms. The third kappa shape index (κ3) is 2.22. The first-order chi connectivity index (χ1) is 9.22. The van der Waals surface area contributed by atoms with Gasteiger partial charge < -0.3 is 0 Å². The molecular weight excluding hydrogens is 252 g/mol. The fourth-order valence-corrected chi connectivity index (χ4v) is 3.07. The number of benzene rings is 1. The predicted octanol–water partition coefficient (Wildman–Crippen LogP) is 3.86. The van der Waals surface area contributed by atoms with Gasteiger partial charge >= 0.3 is 0 Å². The van der Waals surface area contributed by atoms with Gasteiger partial charge in [0, 0.05) is 16.9 Å². The number of hydrogen-bond donors (Lipinski definition) is 0. The largest absolute Gasteiger partial charge is 0.298 e. The van der Waals surface area contributed by atoms with Crippen LogP contribution >= 0.6 is 11.3 Å². The third-order valence-electron chi connectivity index (χ3n) is 3.74. The van der Waals surface area contributed by atoms with E-state index in [0.29, 0.717) is 0 Å². The van der Waals surface area contributed by atoms with Crippen molar-refractivity contribution in [2.75, 3.05) is 0 Å². The van der Waals surface area contributed by atoms with Crippen molar-refractivity contribution in [2.24, 2.45) is 5.41 Å². The first-order valence-electron chi connectivity index (χ1n) is 6.34. The highest BCUT2D eigenvalue weighted by Gasteiger charge is 2.57. The van der Waals surface area contributed by atoms with E-state index in [4.69, 9.17) is 0 Å². The number of ketones is 1. The van der Waals surface area contributed by atoms with Crippen LogP contribution < -0.4 is 0 Å². The van der Waals surface area contributed by atoms with E-state index in [2.05, 4.69) is 24.0 Å². The van der Waals surface area contributed by atoms with Gasteiger partial charge in [0.25, 0.3) is 0 Å². The highest BCUT2D eigenvalue weighted by molar-refractivity contribution is 7.08. The summed E-state index contributed by atoms with van der Waals surface area (Å²) in [5.74, 6) is 6.82. The van der Waals surface area contributed by atoms with Gasteiger partial charge in [0.2, 0.25) is 0 Å². The molecule has 0 radical (unpaired) electrons. The Bertz CT molecular complexity index is 646. The Balaban J connectivity index is 1.90. The summed E-state index contributed by atoms with van der Waals surface area (Å²) in [6.07, 6.45) is 0.851. The molecule has 0 unspecified atom stereocenters. The van der Waals surface area contributed by atoms with Gasteiger partial charge in [0.05, 0.1) is 5.41 Å². The number of Topliss-reactive ketones (excluding diaryl/α,β-unsaturated/α-hetero) is 1. The van der Waals surface area contributed by atoms with Crippen LogP contribution in [0.5, 0.6) is 0 Å². The molecule has 0 saturated heterocycles. The van der Waals surface area contributed by atoms with Crippen molar-refractivity contribution in [2.45, 2.75) is 19.3 Å². The third-order valence-corrected chi connectivity index (χ3v) is 4.43. The number of hydrogen-bond acceptors (Lipinski definition) is 2. The van der Waals surface area contributed by atoms with Crippen molar-refractivity contribution in [3.05, 3.63) is 58.3 Å². The lowest BCUT2D eigenvalue weighted by atomic mass is 9.95. The molecular formula is C17H14OS. The molecule has 1 aromatic carbocycles. The second-order valence-corrected chi connectivity index (χ2v) is 5.74. The standard InChI is InChI=1S/C17H14OS/c1-13(18)17(9-7-14-8-10-19-12-14)11-16(17)15-5-3-2-4-6-15/h2-6,8,10,12,16H,11H2,1H3/t16-,17-/m1/s1. The molecule has 1 heterocycles. The normalized spacial score (nSPS) is 24.4. The van der Waals surface area contributed by atoms with Gasteiger partial charge in [0.1, 0.15) is 5.78 Å². The monoisotopic (exact) mass is 266 g/mol. The zero-order chi connectivity index (χ0) is 13.3. The zero-order valence-corrected chi connectivity index (χ0v) is 11.5. The van der Waals surface area contributed by atoms with Crippen LogP contribution in [0.3, 0.4) is 0 Å². The lowest BCUT2D eigenvalue weighted by Crippen LogP contribution is -2.12. The highest BCUT2D eigenvalue weighted by Crippen LogP contribution is 2.59. The highest BCUT2D eigenvalue weighted by atomic mass is 32.1. The average molecular weight is 266 g/mol. The van der Waals surface area contributed by atoms with E-state index in [1.165, 1.54) is 5.56 Å². The maximum atomic E-state index is 12.0. The van der Waals surface area contributed by atoms with E-state index < -0.39 is 5.41 Å². The van der Waals surface area contributed by atoms with Crippen LogP contribution in [0.2, 0.25) is 0 Å². The summed E-state index contributed by atoms with van der Waals surface area (Å²) in [6.45, 7) is 1.66. The van der Waals surface area contributed by atoms with Crippen molar-refractivity contribution >= 4 is 17.1 Å². The summed E-state index contributed by atoms with van der Waals surface area (Å²) >= 11 is 1.63. The maximum absolute atomic E-state index is 12.0. The van der Waals surface area contributed by atoms with E-state index in [1.807, 2.05) is 35.0 Å². The first kappa shape index (κ1) is 12.2. The molecule has 94 valence electrons. The van der Waals surface area contributed by atoms with E-state index in [9.17, 15) is 4.79 Å². The molecule has 1 saturated carbocycles. The number of carbonyl (C=O) groups is 1. The van der Waals surface area contributed by atoms with Gasteiger partial charge in [-0.15, -0.1) is 0 Å².